The molecular formula is C14H17BrN2O. The average Bonchev–Trinajstić information content (AvgIpc) is 3.19. The summed E-state index contributed by atoms with van der Waals surface area (Å²) in [5.41, 5.74) is 2.34. The summed E-state index contributed by atoms with van der Waals surface area (Å²) in [5.74, 6) is 0.691. The number of benzene rings is 1. The first kappa shape index (κ1) is 13.1. The largest absolute Gasteiger partial charge is 0.334 e. The molecule has 2 rings (SSSR count). The van der Waals surface area contributed by atoms with Crippen LogP contribution in [-0.2, 0) is 6.54 Å². The first-order chi connectivity index (χ1) is 8.65. The van der Waals surface area contributed by atoms with Crippen molar-refractivity contribution in [1.29, 1.82) is 0 Å². The minimum absolute atomic E-state index is 0.155. The summed E-state index contributed by atoms with van der Waals surface area (Å²) in [7, 11) is 0. The van der Waals surface area contributed by atoms with Crippen molar-refractivity contribution in [2.45, 2.75) is 26.3 Å². The zero-order chi connectivity index (χ0) is 13.0. The van der Waals surface area contributed by atoms with Gasteiger partial charge in [0.1, 0.15) is 0 Å². The lowest BCUT2D eigenvalue weighted by molar-refractivity contribution is 0.243. The molecule has 0 heterocycles. The van der Waals surface area contributed by atoms with Crippen LogP contribution in [0.3, 0.4) is 0 Å². The molecule has 0 bridgehead atoms. The van der Waals surface area contributed by atoms with Gasteiger partial charge < -0.3 is 10.6 Å². The molecule has 0 radical (unpaired) electrons. The van der Waals surface area contributed by atoms with Gasteiger partial charge in [0.25, 0.3) is 0 Å². The first-order valence-electron chi connectivity index (χ1n) is 6.10. The highest BCUT2D eigenvalue weighted by atomic mass is 79.9. The standard InChI is InChI=1S/C14H17BrN2O/c1-10(12-4-5-12)8-16-14(18)17-9-11-2-6-13(15)7-3-11/h2-3,6-8,12H,4-5,9H2,1H3,(H2,16,17,18)/b10-8+. The van der Waals surface area contributed by atoms with Crippen LogP contribution in [-0.4, -0.2) is 6.03 Å². The Morgan fingerprint density at radius 2 is 2.06 bits per heavy atom. The number of rotatable bonds is 4. The molecule has 0 spiro atoms. The molecule has 18 heavy (non-hydrogen) atoms. The van der Waals surface area contributed by atoms with Crippen molar-refractivity contribution < 1.29 is 4.79 Å². The predicted octanol–water partition coefficient (Wildman–Crippen LogP) is 3.56. The zero-order valence-corrected chi connectivity index (χ0v) is 12.0. The van der Waals surface area contributed by atoms with Crippen molar-refractivity contribution in [1.82, 2.24) is 10.6 Å². The van der Waals surface area contributed by atoms with Gasteiger partial charge in [0.05, 0.1) is 0 Å². The average molecular weight is 309 g/mol. The van der Waals surface area contributed by atoms with Gasteiger partial charge in [-0.3, -0.25) is 0 Å². The predicted molar refractivity (Wildman–Crippen MR) is 76.0 cm³/mol. The third-order valence-electron chi connectivity index (χ3n) is 3.02. The van der Waals surface area contributed by atoms with Gasteiger partial charge in [0.15, 0.2) is 0 Å². The van der Waals surface area contributed by atoms with E-state index in [0.717, 1.165) is 10.0 Å². The fraction of sp³-hybridized carbons (Fsp3) is 0.357. The lowest BCUT2D eigenvalue weighted by Crippen LogP contribution is -2.31. The minimum atomic E-state index is -0.155. The summed E-state index contributed by atoms with van der Waals surface area (Å²) in [5, 5.41) is 5.59. The molecular weight excluding hydrogens is 292 g/mol. The van der Waals surface area contributed by atoms with Crippen LogP contribution in [0.5, 0.6) is 0 Å². The van der Waals surface area contributed by atoms with Gasteiger partial charge in [-0.2, -0.15) is 0 Å². The van der Waals surface area contributed by atoms with E-state index in [1.165, 1.54) is 18.4 Å². The Morgan fingerprint density at radius 3 is 2.67 bits per heavy atom. The molecule has 1 aromatic rings. The van der Waals surface area contributed by atoms with E-state index < -0.39 is 0 Å². The van der Waals surface area contributed by atoms with Gasteiger partial charge in [0.2, 0.25) is 0 Å². The van der Waals surface area contributed by atoms with E-state index in [9.17, 15) is 4.79 Å². The molecule has 2 N–H and O–H groups in total. The van der Waals surface area contributed by atoms with E-state index in [-0.39, 0.29) is 6.03 Å². The maximum absolute atomic E-state index is 11.6. The lowest BCUT2D eigenvalue weighted by Gasteiger charge is -2.06. The molecule has 96 valence electrons. The number of urea groups is 1. The SMILES string of the molecule is C/C(=C\NC(=O)NCc1ccc(Br)cc1)C1CC1. The van der Waals surface area contributed by atoms with Crippen LogP contribution in [0.4, 0.5) is 4.79 Å². The van der Waals surface area contributed by atoms with Crippen molar-refractivity contribution in [3.05, 3.63) is 46.1 Å². The van der Waals surface area contributed by atoms with Gasteiger partial charge in [-0.25, -0.2) is 4.79 Å². The molecule has 1 saturated carbocycles. The van der Waals surface area contributed by atoms with Gasteiger partial charge in [0, 0.05) is 17.2 Å². The summed E-state index contributed by atoms with van der Waals surface area (Å²) >= 11 is 3.38. The second kappa shape index (κ2) is 6.05. The van der Waals surface area contributed by atoms with Crippen molar-refractivity contribution in [3.8, 4) is 0 Å². The fourth-order valence-electron chi connectivity index (χ4n) is 1.67. The number of amides is 2. The molecule has 0 aromatic heterocycles. The van der Waals surface area contributed by atoms with E-state index >= 15 is 0 Å². The Bertz CT molecular complexity index is 449. The van der Waals surface area contributed by atoms with Crippen molar-refractivity contribution in [2.75, 3.05) is 0 Å². The Labute approximate surface area is 116 Å². The van der Waals surface area contributed by atoms with Crippen LogP contribution in [0.1, 0.15) is 25.3 Å². The zero-order valence-electron chi connectivity index (χ0n) is 10.4. The van der Waals surface area contributed by atoms with Crippen LogP contribution >= 0.6 is 15.9 Å². The Kier molecular flexibility index (Phi) is 4.42. The smallest absolute Gasteiger partial charge is 0.319 e. The number of halogens is 1. The third kappa shape index (κ3) is 4.18. The highest BCUT2D eigenvalue weighted by Crippen LogP contribution is 2.35. The number of nitrogens with one attached hydrogen (secondary N) is 2. The maximum atomic E-state index is 11.6. The van der Waals surface area contributed by atoms with Crippen molar-refractivity contribution in [2.24, 2.45) is 5.92 Å². The van der Waals surface area contributed by atoms with E-state index in [4.69, 9.17) is 0 Å². The molecule has 1 aliphatic rings. The number of hydrogen-bond donors (Lipinski definition) is 2. The number of allylic oxidation sites excluding steroid dienone is 1. The maximum Gasteiger partial charge on any atom is 0.319 e. The summed E-state index contributed by atoms with van der Waals surface area (Å²) < 4.78 is 1.04. The highest BCUT2D eigenvalue weighted by Gasteiger charge is 2.22. The van der Waals surface area contributed by atoms with Crippen LogP contribution in [0.15, 0.2) is 40.5 Å². The molecule has 1 aromatic carbocycles. The highest BCUT2D eigenvalue weighted by molar-refractivity contribution is 9.10. The number of carbonyl (C=O) groups excluding carboxylic acids is 1. The molecule has 1 aliphatic carbocycles. The van der Waals surface area contributed by atoms with E-state index in [2.05, 4.69) is 33.5 Å². The van der Waals surface area contributed by atoms with Crippen LogP contribution in [0.2, 0.25) is 0 Å². The van der Waals surface area contributed by atoms with Gasteiger partial charge in [-0.15, -0.1) is 0 Å². The molecule has 0 unspecified atom stereocenters. The topological polar surface area (TPSA) is 41.1 Å². The molecule has 0 saturated heterocycles. The number of hydrogen-bond acceptors (Lipinski definition) is 1. The van der Waals surface area contributed by atoms with E-state index in [1.807, 2.05) is 30.5 Å². The fourth-order valence-corrected chi connectivity index (χ4v) is 1.94. The molecule has 2 amide bonds. The molecule has 0 aliphatic heterocycles. The second-order valence-corrected chi connectivity index (χ2v) is 5.53. The molecule has 1 fully saturated rings. The van der Waals surface area contributed by atoms with E-state index in [0.29, 0.717) is 12.5 Å². The van der Waals surface area contributed by atoms with E-state index in [1.54, 1.807) is 0 Å². The Balaban J connectivity index is 1.74. The van der Waals surface area contributed by atoms with Crippen LogP contribution in [0.25, 0.3) is 0 Å². The summed E-state index contributed by atoms with van der Waals surface area (Å²) in [6.07, 6.45) is 4.32. The molecule has 4 heteroatoms. The van der Waals surface area contributed by atoms with Crippen LogP contribution < -0.4 is 10.6 Å². The van der Waals surface area contributed by atoms with Gasteiger partial charge in [-0.1, -0.05) is 33.6 Å². The normalized spacial score (nSPS) is 15.3. The third-order valence-corrected chi connectivity index (χ3v) is 3.55. The molecule has 0 atom stereocenters. The quantitative estimate of drug-likeness (QED) is 0.877. The van der Waals surface area contributed by atoms with Gasteiger partial charge in [-0.05, 0) is 43.4 Å². The summed E-state index contributed by atoms with van der Waals surface area (Å²) in [4.78, 5) is 11.6. The van der Waals surface area contributed by atoms with Gasteiger partial charge >= 0.3 is 6.03 Å². The Hall–Kier alpha value is -1.29. The second-order valence-electron chi connectivity index (χ2n) is 4.62. The number of carbonyl (C=O) groups is 1. The van der Waals surface area contributed by atoms with Crippen molar-refractivity contribution >= 4 is 22.0 Å². The monoisotopic (exact) mass is 308 g/mol. The van der Waals surface area contributed by atoms with Crippen LogP contribution in [0, 0.1) is 5.92 Å². The van der Waals surface area contributed by atoms with Crippen molar-refractivity contribution in [3.63, 3.8) is 0 Å². The Morgan fingerprint density at radius 1 is 1.39 bits per heavy atom. The first-order valence-corrected chi connectivity index (χ1v) is 6.90. The summed E-state index contributed by atoms with van der Waals surface area (Å²) in [6, 6.07) is 7.74. The minimum Gasteiger partial charge on any atom is -0.334 e. The summed E-state index contributed by atoms with van der Waals surface area (Å²) in [6.45, 7) is 2.60. The molecule has 3 nitrogen and oxygen atoms in total. The lowest BCUT2D eigenvalue weighted by atomic mass is 10.2.